The highest BCUT2D eigenvalue weighted by Gasteiger charge is 2.19. The van der Waals surface area contributed by atoms with Crippen LogP contribution in [-0.2, 0) is 10.0 Å². The summed E-state index contributed by atoms with van der Waals surface area (Å²) in [6, 6.07) is 15.5. The highest BCUT2D eigenvalue weighted by atomic mass is 35.5. The molecule has 7 nitrogen and oxygen atoms in total. The highest BCUT2D eigenvalue weighted by Crippen LogP contribution is 2.29. The molecule has 0 aliphatic carbocycles. The van der Waals surface area contributed by atoms with E-state index in [9.17, 15) is 18.3 Å². The number of fused-ring (bicyclic) bond motifs is 1. The van der Waals surface area contributed by atoms with E-state index >= 15 is 0 Å². The van der Waals surface area contributed by atoms with E-state index in [1.807, 2.05) is 0 Å². The number of benzene rings is 3. The Hall–Kier alpha value is -3.36. The fourth-order valence-electron chi connectivity index (χ4n) is 2.99. The van der Waals surface area contributed by atoms with Gasteiger partial charge in [-0.25, -0.2) is 18.2 Å². The number of halogens is 1. The SMILES string of the molecule is Cc1cc(Cl)ccc1NS(=O)(=O)c1cccc(-c2nc3c(C(=O)O)cccc3o2)c1. The Morgan fingerprint density at radius 3 is 2.60 bits per heavy atom. The van der Waals surface area contributed by atoms with Gasteiger partial charge in [0, 0.05) is 10.6 Å². The average Bonchev–Trinajstić information content (AvgIpc) is 3.14. The maximum atomic E-state index is 12.9. The van der Waals surface area contributed by atoms with Gasteiger partial charge in [-0.1, -0.05) is 23.7 Å². The van der Waals surface area contributed by atoms with Gasteiger partial charge < -0.3 is 9.52 Å². The highest BCUT2D eigenvalue weighted by molar-refractivity contribution is 7.92. The minimum absolute atomic E-state index is 0.00570. The van der Waals surface area contributed by atoms with Crippen molar-refractivity contribution in [1.29, 1.82) is 0 Å². The Bertz CT molecular complexity index is 1400. The summed E-state index contributed by atoms with van der Waals surface area (Å²) in [6.45, 7) is 1.75. The molecular formula is C21H15ClN2O5S. The van der Waals surface area contributed by atoms with Crippen molar-refractivity contribution in [3.05, 3.63) is 76.8 Å². The molecule has 0 fully saturated rings. The van der Waals surface area contributed by atoms with E-state index < -0.39 is 16.0 Å². The molecule has 2 N–H and O–H groups in total. The van der Waals surface area contributed by atoms with Crippen LogP contribution in [0.2, 0.25) is 5.02 Å². The Labute approximate surface area is 177 Å². The van der Waals surface area contributed by atoms with E-state index in [-0.39, 0.29) is 21.9 Å². The second-order valence-corrected chi connectivity index (χ2v) is 8.69. The van der Waals surface area contributed by atoms with Crippen molar-refractivity contribution >= 4 is 44.4 Å². The van der Waals surface area contributed by atoms with Crippen LogP contribution in [-0.4, -0.2) is 24.5 Å². The zero-order chi connectivity index (χ0) is 21.5. The molecule has 0 saturated carbocycles. The number of aryl methyl sites for hydroxylation is 1. The molecule has 30 heavy (non-hydrogen) atoms. The smallest absolute Gasteiger partial charge is 0.338 e. The van der Waals surface area contributed by atoms with Crippen LogP contribution in [0.3, 0.4) is 0 Å². The number of hydrogen-bond donors (Lipinski definition) is 2. The van der Waals surface area contributed by atoms with Gasteiger partial charge in [0.2, 0.25) is 5.89 Å². The van der Waals surface area contributed by atoms with Crippen LogP contribution in [0, 0.1) is 6.92 Å². The van der Waals surface area contributed by atoms with E-state index in [1.165, 1.54) is 18.2 Å². The van der Waals surface area contributed by atoms with Crippen LogP contribution in [0.1, 0.15) is 15.9 Å². The summed E-state index contributed by atoms with van der Waals surface area (Å²) >= 11 is 5.93. The van der Waals surface area contributed by atoms with Crippen molar-refractivity contribution in [2.45, 2.75) is 11.8 Å². The lowest BCUT2D eigenvalue weighted by molar-refractivity contribution is 0.0699. The summed E-state index contributed by atoms with van der Waals surface area (Å²) in [4.78, 5) is 15.7. The number of nitrogens with zero attached hydrogens (tertiary/aromatic N) is 1. The average molecular weight is 443 g/mol. The Morgan fingerprint density at radius 1 is 1.10 bits per heavy atom. The normalized spacial score (nSPS) is 11.5. The Balaban J connectivity index is 1.73. The molecule has 4 rings (SSSR count). The molecular weight excluding hydrogens is 428 g/mol. The molecule has 9 heteroatoms. The fourth-order valence-corrected chi connectivity index (χ4v) is 4.39. The lowest BCUT2D eigenvalue weighted by Gasteiger charge is -2.11. The number of carboxylic acid groups (broad SMARTS) is 1. The Morgan fingerprint density at radius 2 is 1.87 bits per heavy atom. The molecule has 1 aromatic heterocycles. The van der Waals surface area contributed by atoms with Gasteiger partial charge in [0.25, 0.3) is 10.0 Å². The molecule has 0 saturated heterocycles. The van der Waals surface area contributed by atoms with Gasteiger partial charge in [-0.2, -0.15) is 0 Å². The number of para-hydroxylation sites is 1. The second kappa shape index (κ2) is 7.47. The molecule has 0 atom stereocenters. The van der Waals surface area contributed by atoms with Crippen molar-refractivity contribution in [2.24, 2.45) is 0 Å². The van der Waals surface area contributed by atoms with E-state index in [2.05, 4.69) is 9.71 Å². The second-order valence-electron chi connectivity index (χ2n) is 6.57. The van der Waals surface area contributed by atoms with E-state index in [0.717, 1.165) is 0 Å². The molecule has 3 aromatic carbocycles. The number of carboxylic acids is 1. The summed E-state index contributed by atoms with van der Waals surface area (Å²) in [5.74, 6) is -1.00. The number of aromatic carboxylic acids is 1. The van der Waals surface area contributed by atoms with Gasteiger partial charge in [-0.05, 0) is 61.0 Å². The molecule has 0 aliphatic heterocycles. The van der Waals surface area contributed by atoms with Gasteiger partial charge >= 0.3 is 5.97 Å². The monoisotopic (exact) mass is 442 g/mol. The van der Waals surface area contributed by atoms with Gasteiger partial charge in [0.05, 0.1) is 16.1 Å². The maximum absolute atomic E-state index is 12.9. The number of rotatable bonds is 5. The first-order valence-electron chi connectivity index (χ1n) is 8.77. The number of carbonyl (C=O) groups is 1. The number of sulfonamides is 1. The largest absolute Gasteiger partial charge is 0.478 e. The number of anilines is 1. The fraction of sp³-hybridized carbons (Fsp3) is 0.0476. The molecule has 0 bridgehead atoms. The quantitative estimate of drug-likeness (QED) is 0.452. The molecule has 152 valence electrons. The lowest BCUT2D eigenvalue weighted by Crippen LogP contribution is -2.13. The molecule has 0 radical (unpaired) electrons. The first-order chi connectivity index (χ1) is 14.2. The third-order valence-corrected chi connectivity index (χ3v) is 6.07. The molecule has 0 amide bonds. The zero-order valence-electron chi connectivity index (χ0n) is 15.6. The summed E-state index contributed by atoms with van der Waals surface area (Å²) in [5.41, 5.74) is 2.00. The maximum Gasteiger partial charge on any atom is 0.338 e. The van der Waals surface area contributed by atoms with E-state index in [0.29, 0.717) is 27.4 Å². The third-order valence-electron chi connectivity index (χ3n) is 4.47. The summed E-state index contributed by atoms with van der Waals surface area (Å²) < 4.78 is 33.9. The van der Waals surface area contributed by atoms with Crippen LogP contribution >= 0.6 is 11.6 Å². The van der Waals surface area contributed by atoms with Crippen molar-refractivity contribution in [1.82, 2.24) is 4.98 Å². The number of nitrogens with one attached hydrogen (secondary N) is 1. The minimum Gasteiger partial charge on any atom is -0.478 e. The van der Waals surface area contributed by atoms with Gasteiger partial charge in [-0.3, -0.25) is 4.72 Å². The van der Waals surface area contributed by atoms with E-state index in [1.54, 1.807) is 49.4 Å². The van der Waals surface area contributed by atoms with E-state index in [4.69, 9.17) is 16.0 Å². The van der Waals surface area contributed by atoms with Crippen LogP contribution in [0.25, 0.3) is 22.6 Å². The number of aromatic nitrogens is 1. The van der Waals surface area contributed by atoms with Crippen molar-refractivity contribution in [3.63, 3.8) is 0 Å². The molecule has 4 aromatic rings. The van der Waals surface area contributed by atoms with Gasteiger partial charge in [0.15, 0.2) is 5.58 Å². The van der Waals surface area contributed by atoms with Crippen LogP contribution in [0.5, 0.6) is 0 Å². The van der Waals surface area contributed by atoms with Crippen molar-refractivity contribution < 1.29 is 22.7 Å². The third kappa shape index (κ3) is 3.74. The molecule has 0 spiro atoms. The summed E-state index contributed by atoms with van der Waals surface area (Å²) in [6.07, 6.45) is 0. The number of oxazole rings is 1. The molecule has 0 unspecified atom stereocenters. The predicted octanol–water partition coefficient (Wildman–Crippen LogP) is 4.96. The van der Waals surface area contributed by atoms with Crippen molar-refractivity contribution in [2.75, 3.05) is 4.72 Å². The first-order valence-corrected chi connectivity index (χ1v) is 10.6. The van der Waals surface area contributed by atoms with Crippen LogP contribution in [0.4, 0.5) is 5.69 Å². The standard InChI is InChI=1S/C21H15ClN2O5S/c1-12-10-14(22)8-9-17(12)24-30(27,28)15-5-2-4-13(11-15)20-23-19-16(21(25)26)6-3-7-18(19)29-20/h2-11,24H,1H3,(H,25,26). The summed E-state index contributed by atoms with van der Waals surface area (Å²) in [7, 11) is -3.89. The summed E-state index contributed by atoms with van der Waals surface area (Å²) in [5, 5.41) is 9.82. The van der Waals surface area contributed by atoms with Crippen LogP contribution < -0.4 is 4.72 Å². The topological polar surface area (TPSA) is 110 Å². The van der Waals surface area contributed by atoms with Crippen molar-refractivity contribution in [3.8, 4) is 11.5 Å². The molecule has 0 aliphatic rings. The Kier molecular flexibility index (Phi) is 4.97. The zero-order valence-corrected chi connectivity index (χ0v) is 17.2. The van der Waals surface area contributed by atoms with Crippen LogP contribution in [0.15, 0.2) is 70.0 Å². The first kappa shape index (κ1) is 19.9. The molecule has 1 heterocycles. The van der Waals surface area contributed by atoms with Gasteiger partial charge in [0.1, 0.15) is 5.52 Å². The lowest BCUT2D eigenvalue weighted by atomic mass is 10.2. The predicted molar refractivity (Wildman–Crippen MR) is 113 cm³/mol. The van der Waals surface area contributed by atoms with Gasteiger partial charge in [-0.15, -0.1) is 0 Å². The number of hydrogen-bond acceptors (Lipinski definition) is 5. The minimum atomic E-state index is -3.89.